The van der Waals surface area contributed by atoms with Gasteiger partial charge in [-0.15, -0.1) is 0 Å². The largest absolute Gasteiger partial charge is 0.464 e. The van der Waals surface area contributed by atoms with Gasteiger partial charge in [0.1, 0.15) is 0 Å². The molecule has 1 saturated heterocycles. The van der Waals surface area contributed by atoms with Crippen molar-refractivity contribution in [1.29, 1.82) is 0 Å². The molecule has 1 aliphatic rings. The standard InChI is InChI=1S/C10H18O4/c1-2-14-10(12)9(11)7-8-3-5-13-6-4-8/h8-9,11H,2-7H2,1H3. The minimum absolute atomic E-state index is 0.323. The van der Waals surface area contributed by atoms with E-state index in [0.29, 0.717) is 18.9 Å². The molecule has 1 heterocycles. The van der Waals surface area contributed by atoms with E-state index in [4.69, 9.17) is 9.47 Å². The Morgan fingerprint density at radius 2 is 2.21 bits per heavy atom. The minimum Gasteiger partial charge on any atom is -0.464 e. The summed E-state index contributed by atoms with van der Waals surface area (Å²) in [6.45, 7) is 3.53. The Kier molecular flexibility index (Phi) is 4.90. The lowest BCUT2D eigenvalue weighted by Gasteiger charge is -2.23. The topological polar surface area (TPSA) is 55.8 Å². The van der Waals surface area contributed by atoms with Crippen LogP contribution >= 0.6 is 0 Å². The Labute approximate surface area is 84.2 Å². The van der Waals surface area contributed by atoms with E-state index in [1.807, 2.05) is 0 Å². The molecular formula is C10H18O4. The van der Waals surface area contributed by atoms with Crippen LogP contribution < -0.4 is 0 Å². The second-order valence-corrected chi connectivity index (χ2v) is 3.56. The molecule has 82 valence electrons. The van der Waals surface area contributed by atoms with Crippen molar-refractivity contribution < 1.29 is 19.4 Å². The lowest BCUT2D eigenvalue weighted by Crippen LogP contribution is -2.28. The molecule has 1 N–H and O–H groups in total. The molecule has 0 radical (unpaired) electrons. The van der Waals surface area contributed by atoms with E-state index < -0.39 is 12.1 Å². The van der Waals surface area contributed by atoms with Crippen molar-refractivity contribution in [2.45, 2.75) is 32.3 Å². The SMILES string of the molecule is CCOC(=O)C(O)CC1CCOCC1. The maximum absolute atomic E-state index is 11.1. The average molecular weight is 202 g/mol. The number of carbonyl (C=O) groups excluding carboxylic acids is 1. The van der Waals surface area contributed by atoms with Gasteiger partial charge >= 0.3 is 5.97 Å². The van der Waals surface area contributed by atoms with Crippen LogP contribution in [0.2, 0.25) is 0 Å². The highest BCUT2D eigenvalue weighted by molar-refractivity contribution is 5.74. The summed E-state index contributed by atoms with van der Waals surface area (Å²) in [7, 11) is 0. The van der Waals surface area contributed by atoms with Crippen molar-refractivity contribution in [2.24, 2.45) is 5.92 Å². The summed E-state index contributed by atoms with van der Waals surface area (Å²) >= 11 is 0. The van der Waals surface area contributed by atoms with Gasteiger partial charge in [-0.25, -0.2) is 4.79 Å². The van der Waals surface area contributed by atoms with E-state index >= 15 is 0 Å². The molecule has 0 spiro atoms. The van der Waals surface area contributed by atoms with Crippen molar-refractivity contribution in [2.75, 3.05) is 19.8 Å². The summed E-state index contributed by atoms with van der Waals surface area (Å²) in [5.74, 6) is -0.109. The zero-order valence-corrected chi connectivity index (χ0v) is 8.57. The van der Waals surface area contributed by atoms with E-state index in [1.54, 1.807) is 6.92 Å². The number of aliphatic hydroxyl groups excluding tert-OH is 1. The van der Waals surface area contributed by atoms with Gasteiger partial charge in [-0.05, 0) is 32.1 Å². The predicted octanol–water partition coefficient (Wildman–Crippen LogP) is 0.727. The van der Waals surface area contributed by atoms with Crippen LogP contribution in [-0.4, -0.2) is 37.0 Å². The molecule has 0 aromatic carbocycles. The quantitative estimate of drug-likeness (QED) is 0.683. The first-order chi connectivity index (χ1) is 6.74. The molecule has 0 aromatic rings. The highest BCUT2D eigenvalue weighted by Crippen LogP contribution is 2.20. The monoisotopic (exact) mass is 202 g/mol. The van der Waals surface area contributed by atoms with Crippen molar-refractivity contribution in [3.05, 3.63) is 0 Å². The van der Waals surface area contributed by atoms with Gasteiger partial charge in [0.15, 0.2) is 6.10 Å². The molecule has 0 aliphatic carbocycles. The molecule has 1 aliphatic heterocycles. The number of ether oxygens (including phenoxy) is 2. The summed E-state index contributed by atoms with van der Waals surface area (Å²) in [6.07, 6.45) is 1.40. The molecular weight excluding hydrogens is 184 g/mol. The summed E-state index contributed by atoms with van der Waals surface area (Å²) in [6, 6.07) is 0. The van der Waals surface area contributed by atoms with E-state index in [9.17, 15) is 9.90 Å². The number of hydrogen-bond donors (Lipinski definition) is 1. The molecule has 0 amide bonds. The van der Waals surface area contributed by atoms with Crippen LogP contribution in [0.5, 0.6) is 0 Å². The van der Waals surface area contributed by atoms with Crippen LogP contribution in [0.15, 0.2) is 0 Å². The first kappa shape index (κ1) is 11.5. The Hall–Kier alpha value is -0.610. The maximum atomic E-state index is 11.1. The van der Waals surface area contributed by atoms with Crippen molar-refractivity contribution in [3.8, 4) is 0 Å². The Balaban J connectivity index is 2.24. The van der Waals surface area contributed by atoms with E-state index in [0.717, 1.165) is 26.1 Å². The summed E-state index contributed by atoms with van der Waals surface area (Å²) in [4.78, 5) is 11.1. The molecule has 1 rings (SSSR count). The second-order valence-electron chi connectivity index (χ2n) is 3.56. The van der Waals surface area contributed by atoms with Crippen LogP contribution in [0.25, 0.3) is 0 Å². The van der Waals surface area contributed by atoms with Crippen molar-refractivity contribution in [3.63, 3.8) is 0 Å². The van der Waals surface area contributed by atoms with Gasteiger partial charge < -0.3 is 14.6 Å². The molecule has 1 unspecified atom stereocenters. The number of rotatable bonds is 4. The Bertz CT molecular complexity index is 175. The van der Waals surface area contributed by atoms with Crippen molar-refractivity contribution >= 4 is 5.97 Å². The fourth-order valence-electron chi connectivity index (χ4n) is 1.63. The van der Waals surface area contributed by atoms with Crippen LogP contribution in [0.1, 0.15) is 26.2 Å². The van der Waals surface area contributed by atoms with Gasteiger partial charge in [0.25, 0.3) is 0 Å². The lowest BCUT2D eigenvalue weighted by atomic mass is 9.94. The fourth-order valence-corrected chi connectivity index (χ4v) is 1.63. The molecule has 0 saturated carbocycles. The first-order valence-corrected chi connectivity index (χ1v) is 5.16. The third-order valence-corrected chi connectivity index (χ3v) is 2.46. The number of aliphatic hydroxyl groups is 1. The van der Waals surface area contributed by atoms with Crippen molar-refractivity contribution in [1.82, 2.24) is 0 Å². The molecule has 1 atom stereocenters. The summed E-state index contributed by atoms with van der Waals surface area (Å²) < 4.78 is 9.92. The van der Waals surface area contributed by atoms with Crippen LogP contribution in [0.4, 0.5) is 0 Å². The normalized spacial score (nSPS) is 20.4. The Morgan fingerprint density at radius 3 is 2.79 bits per heavy atom. The maximum Gasteiger partial charge on any atom is 0.334 e. The van der Waals surface area contributed by atoms with E-state index in [1.165, 1.54) is 0 Å². The minimum atomic E-state index is -0.960. The summed E-state index contributed by atoms with van der Waals surface area (Å²) in [5.41, 5.74) is 0. The number of esters is 1. The van der Waals surface area contributed by atoms with Crippen LogP contribution in [-0.2, 0) is 14.3 Å². The van der Waals surface area contributed by atoms with Gasteiger partial charge in [0.2, 0.25) is 0 Å². The average Bonchev–Trinajstić information content (AvgIpc) is 2.19. The fraction of sp³-hybridized carbons (Fsp3) is 0.900. The molecule has 14 heavy (non-hydrogen) atoms. The number of carbonyl (C=O) groups is 1. The van der Waals surface area contributed by atoms with Gasteiger partial charge in [0.05, 0.1) is 6.61 Å². The lowest BCUT2D eigenvalue weighted by molar-refractivity contribution is -0.154. The van der Waals surface area contributed by atoms with E-state index in [2.05, 4.69) is 0 Å². The number of hydrogen-bond acceptors (Lipinski definition) is 4. The van der Waals surface area contributed by atoms with Crippen LogP contribution in [0, 0.1) is 5.92 Å². The third kappa shape index (κ3) is 3.64. The van der Waals surface area contributed by atoms with Gasteiger partial charge in [-0.3, -0.25) is 0 Å². The first-order valence-electron chi connectivity index (χ1n) is 5.16. The highest BCUT2D eigenvalue weighted by atomic mass is 16.5. The third-order valence-electron chi connectivity index (χ3n) is 2.46. The van der Waals surface area contributed by atoms with E-state index in [-0.39, 0.29) is 0 Å². The van der Waals surface area contributed by atoms with Crippen LogP contribution in [0.3, 0.4) is 0 Å². The molecule has 1 fully saturated rings. The predicted molar refractivity (Wildman–Crippen MR) is 50.8 cm³/mol. The van der Waals surface area contributed by atoms with Gasteiger partial charge in [-0.2, -0.15) is 0 Å². The van der Waals surface area contributed by atoms with Gasteiger partial charge in [0, 0.05) is 13.2 Å². The molecule has 4 nitrogen and oxygen atoms in total. The zero-order chi connectivity index (χ0) is 10.4. The Morgan fingerprint density at radius 1 is 1.57 bits per heavy atom. The molecule has 4 heteroatoms. The molecule has 0 aromatic heterocycles. The molecule has 0 bridgehead atoms. The van der Waals surface area contributed by atoms with Gasteiger partial charge in [-0.1, -0.05) is 0 Å². The smallest absolute Gasteiger partial charge is 0.334 e. The summed E-state index contributed by atoms with van der Waals surface area (Å²) in [5, 5.41) is 9.49. The second kappa shape index (κ2) is 5.98. The zero-order valence-electron chi connectivity index (χ0n) is 8.57. The highest BCUT2D eigenvalue weighted by Gasteiger charge is 2.23.